The number of fused-ring (bicyclic) bond motifs is 1. The van der Waals surface area contributed by atoms with Crippen molar-refractivity contribution in [3.63, 3.8) is 0 Å². The van der Waals surface area contributed by atoms with E-state index in [0.717, 1.165) is 38.7 Å². The maximum absolute atomic E-state index is 13.5. The second-order valence-corrected chi connectivity index (χ2v) is 9.95. The van der Waals surface area contributed by atoms with E-state index < -0.39 is 23.1 Å². The summed E-state index contributed by atoms with van der Waals surface area (Å²) in [7, 11) is 0. The summed E-state index contributed by atoms with van der Waals surface area (Å²) in [5, 5.41) is 9.45. The molecule has 2 aromatic carbocycles. The van der Waals surface area contributed by atoms with E-state index in [-0.39, 0.29) is 10.7 Å². The van der Waals surface area contributed by atoms with E-state index in [1.54, 1.807) is 12.1 Å². The maximum atomic E-state index is 13.5. The number of hydrogen-bond donors (Lipinski definition) is 2. The van der Waals surface area contributed by atoms with Gasteiger partial charge < -0.3 is 10.1 Å². The lowest BCUT2D eigenvalue weighted by Gasteiger charge is -2.34. The minimum Gasteiger partial charge on any atom is -0.480 e. The molecule has 0 saturated heterocycles. The summed E-state index contributed by atoms with van der Waals surface area (Å²) in [6, 6.07) is 14.6. The fraction of sp³-hybridized carbons (Fsp3) is 0.190. The number of carbonyl (C=O) groups excluding carboxylic acids is 1. The summed E-state index contributed by atoms with van der Waals surface area (Å²) in [6.45, 7) is 1.93. The Morgan fingerprint density at radius 3 is 2.34 bits per heavy atom. The van der Waals surface area contributed by atoms with Gasteiger partial charge in [-0.3, -0.25) is 14.4 Å². The standard InChI is InChI=1S/C21H16BrNO4S2/c1-10-2-4-12(5-3-10)16(24)15-14(11-6-8-13(22)9-7-11)17-19(23-21(27)29-17)28-18(15)20(25)26/h2-9,14-15,18H,1H3,(H,23,27)(H,25,26)/t14-,15-,18+/m0/s1. The lowest BCUT2D eigenvalue weighted by atomic mass is 9.78. The van der Waals surface area contributed by atoms with Gasteiger partial charge in [-0.2, -0.15) is 0 Å². The zero-order valence-corrected chi connectivity index (χ0v) is 18.4. The number of hydrogen-bond acceptors (Lipinski definition) is 5. The Morgan fingerprint density at radius 1 is 1.07 bits per heavy atom. The molecule has 0 aliphatic carbocycles. The Labute approximate surface area is 183 Å². The van der Waals surface area contributed by atoms with E-state index in [9.17, 15) is 19.5 Å². The predicted molar refractivity (Wildman–Crippen MR) is 117 cm³/mol. The number of thioether (sulfide) groups is 1. The molecule has 3 aromatic rings. The van der Waals surface area contributed by atoms with Gasteiger partial charge in [0.25, 0.3) is 0 Å². The van der Waals surface area contributed by atoms with E-state index in [4.69, 9.17) is 0 Å². The highest BCUT2D eigenvalue weighted by Gasteiger charge is 2.47. The molecule has 0 unspecified atom stereocenters. The minimum atomic E-state index is -1.07. The molecule has 0 radical (unpaired) electrons. The molecule has 1 aromatic heterocycles. The van der Waals surface area contributed by atoms with Gasteiger partial charge in [-0.05, 0) is 24.6 Å². The van der Waals surface area contributed by atoms with Crippen molar-refractivity contribution in [3.8, 4) is 0 Å². The number of H-pyrrole nitrogens is 1. The average Bonchev–Trinajstić information content (AvgIpc) is 3.07. The van der Waals surface area contributed by atoms with Crippen LogP contribution in [0.4, 0.5) is 0 Å². The van der Waals surface area contributed by atoms with Crippen molar-refractivity contribution in [1.29, 1.82) is 0 Å². The third-order valence-corrected chi connectivity index (χ3v) is 7.90. The summed E-state index contributed by atoms with van der Waals surface area (Å²) in [6.07, 6.45) is 0. The molecule has 8 heteroatoms. The lowest BCUT2D eigenvalue weighted by molar-refractivity contribution is -0.137. The number of halogens is 1. The van der Waals surface area contributed by atoms with Crippen molar-refractivity contribution in [2.75, 3.05) is 0 Å². The summed E-state index contributed by atoms with van der Waals surface area (Å²) in [5.41, 5.74) is 2.30. The van der Waals surface area contributed by atoms with Crippen LogP contribution in [0.1, 0.15) is 32.3 Å². The fourth-order valence-electron chi connectivity index (χ4n) is 3.59. The summed E-state index contributed by atoms with van der Waals surface area (Å²) >= 11 is 5.50. The number of aryl methyl sites for hydroxylation is 1. The highest BCUT2D eigenvalue weighted by atomic mass is 79.9. The van der Waals surface area contributed by atoms with Gasteiger partial charge in [0, 0.05) is 20.8 Å². The molecule has 0 spiro atoms. The van der Waals surface area contributed by atoms with Crippen LogP contribution in [-0.2, 0) is 4.79 Å². The van der Waals surface area contributed by atoms with Gasteiger partial charge in [-0.25, -0.2) is 0 Å². The average molecular weight is 490 g/mol. The molecular weight excluding hydrogens is 474 g/mol. The first kappa shape index (κ1) is 20.1. The van der Waals surface area contributed by atoms with Crippen molar-refractivity contribution < 1.29 is 14.7 Å². The Kier molecular flexibility index (Phi) is 5.50. The fourth-order valence-corrected chi connectivity index (χ4v) is 6.27. The number of carboxylic acid groups (broad SMARTS) is 1. The first-order chi connectivity index (χ1) is 13.8. The zero-order chi connectivity index (χ0) is 20.7. The molecule has 5 nitrogen and oxygen atoms in total. The van der Waals surface area contributed by atoms with Crippen LogP contribution in [0.2, 0.25) is 0 Å². The molecule has 2 heterocycles. The molecule has 4 rings (SSSR count). The SMILES string of the molecule is Cc1ccc(C(=O)[C@@H]2[C@H](c3ccc(Br)cc3)c3sc(=O)[nH]c3S[C@H]2C(=O)O)cc1. The topological polar surface area (TPSA) is 87.2 Å². The summed E-state index contributed by atoms with van der Waals surface area (Å²) in [5.74, 6) is -2.65. The van der Waals surface area contributed by atoms with Gasteiger partial charge in [-0.15, -0.1) is 0 Å². The Bertz CT molecular complexity index is 1130. The molecule has 1 aliphatic rings. The number of carbonyl (C=O) groups is 2. The third kappa shape index (κ3) is 3.84. The third-order valence-electron chi connectivity index (χ3n) is 4.97. The number of Topliss-reactive ketones (excluding diaryl/α,β-unsaturated/α-hetero) is 1. The van der Waals surface area contributed by atoms with Gasteiger partial charge in [0.2, 0.25) is 0 Å². The largest absolute Gasteiger partial charge is 0.480 e. The Hall–Kier alpha value is -2.16. The molecule has 3 atom stereocenters. The smallest absolute Gasteiger partial charge is 0.317 e. The molecule has 0 bridgehead atoms. The van der Waals surface area contributed by atoms with Crippen molar-refractivity contribution in [1.82, 2.24) is 4.98 Å². The maximum Gasteiger partial charge on any atom is 0.317 e. The number of rotatable bonds is 4. The number of nitrogens with one attached hydrogen (secondary N) is 1. The number of ketones is 1. The van der Waals surface area contributed by atoms with E-state index in [1.807, 2.05) is 43.3 Å². The number of carboxylic acids is 1. The quantitative estimate of drug-likeness (QED) is 0.518. The van der Waals surface area contributed by atoms with Crippen LogP contribution in [0.25, 0.3) is 0 Å². The normalized spacial score (nSPS) is 20.8. The van der Waals surface area contributed by atoms with Crippen LogP contribution < -0.4 is 4.87 Å². The number of aromatic amines is 1. The molecular formula is C21H16BrNO4S2. The highest BCUT2D eigenvalue weighted by Crippen LogP contribution is 2.50. The van der Waals surface area contributed by atoms with E-state index in [1.165, 1.54) is 0 Å². The predicted octanol–water partition coefficient (Wildman–Crippen LogP) is 4.70. The van der Waals surface area contributed by atoms with Gasteiger partial charge in [-0.1, -0.05) is 81.0 Å². The van der Waals surface area contributed by atoms with E-state index in [2.05, 4.69) is 20.9 Å². The Morgan fingerprint density at radius 2 is 1.72 bits per heavy atom. The first-order valence-corrected chi connectivity index (χ1v) is 11.3. The summed E-state index contributed by atoms with van der Waals surface area (Å²) in [4.78, 5) is 40.9. The van der Waals surface area contributed by atoms with Gasteiger partial charge in [0.05, 0.1) is 10.9 Å². The number of benzene rings is 2. The number of thiazole rings is 1. The van der Waals surface area contributed by atoms with Gasteiger partial charge in [0.15, 0.2) is 5.78 Å². The van der Waals surface area contributed by atoms with E-state index >= 15 is 0 Å². The van der Waals surface area contributed by atoms with Crippen LogP contribution in [-0.4, -0.2) is 27.1 Å². The first-order valence-electron chi connectivity index (χ1n) is 8.84. The minimum absolute atomic E-state index is 0.232. The Balaban J connectivity index is 1.90. The van der Waals surface area contributed by atoms with Crippen LogP contribution in [0.5, 0.6) is 0 Å². The monoisotopic (exact) mass is 489 g/mol. The van der Waals surface area contributed by atoms with Crippen LogP contribution in [0.3, 0.4) is 0 Å². The van der Waals surface area contributed by atoms with Gasteiger partial charge >= 0.3 is 10.8 Å². The van der Waals surface area contributed by atoms with Crippen molar-refractivity contribution >= 4 is 50.8 Å². The molecule has 148 valence electrons. The molecule has 0 saturated carbocycles. The van der Waals surface area contributed by atoms with Crippen LogP contribution in [0.15, 0.2) is 62.8 Å². The van der Waals surface area contributed by atoms with Crippen molar-refractivity contribution in [2.45, 2.75) is 23.1 Å². The number of aromatic nitrogens is 1. The highest BCUT2D eigenvalue weighted by molar-refractivity contribution is 9.10. The van der Waals surface area contributed by atoms with Crippen molar-refractivity contribution in [3.05, 3.63) is 84.2 Å². The molecule has 0 fully saturated rings. The lowest BCUT2D eigenvalue weighted by Crippen LogP contribution is -2.39. The van der Waals surface area contributed by atoms with E-state index in [0.29, 0.717) is 15.5 Å². The molecule has 1 aliphatic heterocycles. The molecule has 0 amide bonds. The van der Waals surface area contributed by atoms with Crippen LogP contribution in [0, 0.1) is 12.8 Å². The zero-order valence-electron chi connectivity index (χ0n) is 15.2. The van der Waals surface area contributed by atoms with Gasteiger partial charge in [0.1, 0.15) is 5.25 Å². The summed E-state index contributed by atoms with van der Waals surface area (Å²) < 4.78 is 0.880. The second kappa shape index (κ2) is 7.93. The molecule has 2 N–H and O–H groups in total. The molecule has 29 heavy (non-hydrogen) atoms. The van der Waals surface area contributed by atoms with Crippen LogP contribution >= 0.6 is 39.0 Å². The second-order valence-electron chi connectivity index (χ2n) is 6.87. The van der Waals surface area contributed by atoms with Crippen molar-refractivity contribution in [2.24, 2.45) is 5.92 Å². The number of aliphatic carboxylic acids is 1.